The molecular formula is C31H36Cl2N8O4. The molecule has 0 spiro atoms. The number of carbonyl (C=O) groups is 2. The molecule has 4 rings (SSSR count). The van der Waals surface area contributed by atoms with E-state index in [9.17, 15) is 14.7 Å². The van der Waals surface area contributed by atoms with Crippen molar-refractivity contribution in [2.75, 3.05) is 36.6 Å². The van der Waals surface area contributed by atoms with Crippen molar-refractivity contribution in [2.45, 2.75) is 45.6 Å². The lowest BCUT2D eigenvalue weighted by molar-refractivity contribution is -0.116. The van der Waals surface area contributed by atoms with E-state index in [1.807, 2.05) is 37.2 Å². The fourth-order valence-corrected chi connectivity index (χ4v) is 4.86. The molecule has 45 heavy (non-hydrogen) atoms. The summed E-state index contributed by atoms with van der Waals surface area (Å²) in [4.78, 5) is 35.4. The van der Waals surface area contributed by atoms with Crippen LogP contribution in [-0.2, 0) is 16.8 Å². The summed E-state index contributed by atoms with van der Waals surface area (Å²) < 4.78 is 7.39. The minimum absolute atomic E-state index is 0.0473. The van der Waals surface area contributed by atoms with Gasteiger partial charge >= 0.3 is 6.03 Å². The Balaban J connectivity index is 1.42. The molecule has 0 aliphatic heterocycles. The van der Waals surface area contributed by atoms with Crippen LogP contribution in [0.1, 0.15) is 44.7 Å². The number of urea groups is 1. The van der Waals surface area contributed by atoms with Crippen LogP contribution < -0.4 is 20.7 Å². The van der Waals surface area contributed by atoms with Crippen molar-refractivity contribution in [2.24, 2.45) is 0 Å². The van der Waals surface area contributed by atoms with E-state index in [2.05, 4.69) is 51.8 Å². The highest BCUT2D eigenvalue weighted by Gasteiger charge is 2.20. The minimum Gasteiger partial charge on any atom is -0.437 e. The molecule has 0 aliphatic rings. The van der Waals surface area contributed by atoms with Crippen LogP contribution in [0.2, 0.25) is 10.0 Å². The van der Waals surface area contributed by atoms with Crippen molar-refractivity contribution < 1.29 is 19.4 Å². The summed E-state index contributed by atoms with van der Waals surface area (Å²) in [6.45, 7) is 6.90. The van der Waals surface area contributed by atoms with Gasteiger partial charge in [-0.3, -0.25) is 10.1 Å². The highest BCUT2D eigenvalue weighted by molar-refractivity contribution is 6.45. The Morgan fingerprint density at radius 3 is 2.49 bits per heavy atom. The third kappa shape index (κ3) is 8.92. The fraction of sp³-hybridized carbons (Fsp3) is 0.323. The summed E-state index contributed by atoms with van der Waals surface area (Å²) in [5, 5.41) is 22.5. The first-order valence-corrected chi connectivity index (χ1v) is 14.9. The lowest BCUT2D eigenvalue weighted by atomic mass is 9.83. The second-order valence-corrected chi connectivity index (χ2v) is 12.3. The molecule has 3 amide bonds. The number of aliphatic hydroxyl groups excluding tert-OH is 1. The number of aromatic nitrogens is 4. The van der Waals surface area contributed by atoms with Gasteiger partial charge in [0.15, 0.2) is 0 Å². The molecule has 14 heteroatoms. The average Bonchev–Trinajstić information content (AvgIpc) is 3.44. The largest absolute Gasteiger partial charge is 0.437 e. The van der Waals surface area contributed by atoms with Crippen molar-refractivity contribution in [3.05, 3.63) is 76.2 Å². The van der Waals surface area contributed by atoms with Crippen molar-refractivity contribution in [3.8, 4) is 17.3 Å². The normalized spacial score (nSPS) is 11.4. The Morgan fingerprint density at radius 2 is 1.78 bits per heavy atom. The molecule has 238 valence electrons. The molecule has 0 saturated carbocycles. The van der Waals surface area contributed by atoms with E-state index in [0.717, 1.165) is 23.4 Å². The first-order chi connectivity index (χ1) is 21.3. The van der Waals surface area contributed by atoms with Crippen molar-refractivity contribution in [1.82, 2.24) is 24.6 Å². The number of hydrogen-bond acceptors (Lipinski definition) is 8. The second kappa shape index (κ2) is 14.7. The number of hydrogen-bond donors (Lipinski definition) is 4. The Bertz CT molecular complexity index is 1670. The summed E-state index contributed by atoms with van der Waals surface area (Å²) in [7, 11) is 3.89. The van der Waals surface area contributed by atoms with Crippen molar-refractivity contribution >= 4 is 52.5 Å². The average molecular weight is 656 g/mol. The maximum absolute atomic E-state index is 13.0. The molecule has 12 nitrogen and oxygen atoms in total. The molecule has 2 aromatic heterocycles. The molecule has 0 saturated heterocycles. The standard InChI is InChI=1S/C31H36Cl2N8O4/c1-31(2,3)21-15-20(9-8-19(21)17-42)41-25(12-13-36-41)39-30(44)37-22-10-11-23(29(33)28(22)32)45-27-16-24(34-18-35-27)38-26(43)7-6-14-40(4)5/h8-13,15-16,18,42H,6-7,14,17H2,1-5H3,(H2,37,39,44)(H,34,35,38,43). The van der Waals surface area contributed by atoms with Crippen LogP contribution >= 0.6 is 23.2 Å². The zero-order chi connectivity index (χ0) is 32.7. The number of ether oxygens (including phenoxy) is 1. The van der Waals surface area contributed by atoms with Gasteiger partial charge in [0.25, 0.3) is 0 Å². The van der Waals surface area contributed by atoms with E-state index in [1.165, 1.54) is 24.5 Å². The Labute approximate surface area is 271 Å². The Kier molecular flexibility index (Phi) is 11.0. The summed E-state index contributed by atoms with van der Waals surface area (Å²) in [6.07, 6.45) is 3.88. The van der Waals surface area contributed by atoms with Gasteiger partial charge in [0.2, 0.25) is 11.8 Å². The van der Waals surface area contributed by atoms with Gasteiger partial charge in [0, 0.05) is 18.6 Å². The minimum atomic E-state index is -0.576. The van der Waals surface area contributed by atoms with Crippen molar-refractivity contribution in [1.29, 1.82) is 0 Å². The van der Waals surface area contributed by atoms with Crippen LogP contribution in [-0.4, -0.2) is 62.3 Å². The predicted molar refractivity (Wildman–Crippen MR) is 176 cm³/mol. The lowest BCUT2D eigenvalue weighted by Crippen LogP contribution is -2.22. The molecule has 0 unspecified atom stereocenters. The molecule has 0 aliphatic carbocycles. The highest BCUT2D eigenvalue weighted by Crippen LogP contribution is 2.39. The van der Waals surface area contributed by atoms with E-state index in [-0.39, 0.29) is 51.1 Å². The number of carbonyl (C=O) groups excluding carboxylic acids is 2. The zero-order valence-corrected chi connectivity index (χ0v) is 27.2. The van der Waals surface area contributed by atoms with Crippen LogP contribution in [0.5, 0.6) is 11.6 Å². The van der Waals surface area contributed by atoms with Gasteiger partial charge in [-0.15, -0.1) is 0 Å². The summed E-state index contributed by atoms with van der Waals surface area (Å²) in [5.74, 6) is 0.850. The quantitative estimate of drug-likeness (QED) is 0.144. The smallest absolute Gasteiger partial charge is 0.324 e. The second-order valence-electron chi connectivity index (χ2n) is 11.5. The van der Waals surface area contributed by atoms with Gasteiger partial charge in [-0.25, -0.2) is 19.4 Å². The van der Waals surface area contributed by atoms with Gasteiger partial charge in [-0.1, -0.05) is 50.0 Å². The van der Waals surface area contributed by atoms with Gasteiger partial charge in [-0.2, -0.15) is 5.10 Å². The number of benzene rings is 2. The predicted octanol–water partition coefficient (Wildman–Crippen LogP) is 6.48. The first-order valence-electron chi connectivity index (χ1n) is 14.1. The van der Waals surface area contributed by atoms with Gasteiger partial charge < -0.3 is 25.4 Å². The van der Waals surface area contributed by atoms with Gasteiger partial charge in [0.05, 0.1) is 29.2 Å². The maximum Gasteiger partial charge on any atom is 0.324 e. The molecule has 4 aromatic rings. The van der Waals surface area contributed by atoms with Crippen molar-refractivity contribution in [3.63, 3.8) is 0 Å². The molecule has 0 atom stereocenters. The maximum atomic E-state index is 13.0. The number of halogens is 2. The zero-order valence-electron chi connectivity index (χ0n) is 25.7. The molecule has 0 bridgehead atoms. The van der Waals surface area contributed by atoms with E-state index < -0.39 is 6.03 Å². The third-order valence-electron chi connectivity index (χ3n) is 6.63. The molecule has 2 heterocycles. The first kappa shape index (κ1) is 33.7. The lowest BCUT2D eigenvalue weighted by Gasteiger charge is -2.23. The van der Waals surface area contributed by atoms with Crippen LogP contribution in [0, 0.1) is 0 Å². The van der Waals surface area contributed by atoms with Crippen LogP contribution in [0.3, 0.4) is 0 Å². The Morgan fingerprint density at radius 1 is 1.00 bits per heavy atom. The van der Waals surface area contributed by atoms with Crippen LogP contribution in [0.25, 0.3) is 5.69 Å². The SMILES string of the molecule is CN(C)CCCC(=O)Nc1cc(Oc2ccc(NC(=O)Nc3ccnn3-c3ccc(CO)c(C(C)(C)C)c3)c(Cl)c2Cl)ncn1. The number of nitrogens with zero attached hydrogens (tertiary/aromatic N) is 5. The van der Waals surface area contributed by atoms with E-state index in [0.29, 0.717) is 18.7 Å². The number of rotatable bonds is 11. The van der Waals surface area contributed by atoms with Gasteiger partial charge in [0.1, 0.15) is 28.7 Å². The molecular weight excluding hydrogens is 619 g/mol. The van der Waals surface area contributed by atoms with Crippen LogP contribution in [0.4, 0.5) is 22.1 Å². The number of aliphatic hydroxyl groups is 1. The summed E-state index contributed by atoms with van der Waals surface area (Å²) >= 11 is 13.0. The molecule has 4 N–H and O–H groups in total. The monoisotopic (exact) mass is 654 g/mol. The third-order valence-corrected chi connectivity index (χ3v) is 7.49. The van der Waals surface area contributed by atoms with E-state index in [4.69, 9.17) is 27.9 Å². The molecule has 0 radical (unpaired) electrons. The molecule has 2 aromatic carbocycles. The number of nitrogens with one attached hydrogen (secondary N) is 3. The number of amides is 3. The van der Waals surface area contributed by atoms with E-state index in [1.54, 1.807) is 16.9 Å². The van der Waals surface area contributed by atoms with Gasteiger partial charge in [-0.05, 0) is 67.9 Å². The highest BCUT2D eigenvalue weighted by atomic mass is 35.5. The topological polar surface area (TPSA) is 147 Å². The molecule has 0 fully saturated rings. The Hall–Kier alpha value is -4.23. The van der Waals surface area contributed by atoms with E-state index >= 15 is 0 Å². The van der Waals surface area contributed by atoms with Crippen LogP contribution in [0.15, 0.2) is 55.0 Å². The summed E-state index contributed by atoms with van der Waals surface area (Å²) in [5.41, 5.74) is 2.54. The fourth-order valence-electron chi connectivity index (χ4n) is 4.45. The number of anilines is 3. The summed E-state index contributed by atoms with van der Waals surface area (Å²) in [6, 6.07) is 11.2.